The Kier molecular flexibility index (Phi) is 4.25. The lowest BCUT2D eigenvalue weighted by Crippen LogP contribution is -2.51. The Morgan fingerprint density at radius 1 is 1.36 bits per heavy atom. The Labute approximate surface area is 81.6 Å². The third-order valence-corrected chi connectivity index (χ3v) is 1.85. The van der Waals surface area contributed by atoms with Crippen molar-refractivity contribution in [1.82, 2.24) is 0 Å². The maximum absolute atomic E-state index is 12.4. The van der Waals surface area contributed by atoms with Gasteiger partial charge in [-0.15, -0.1) is 0 Å². The summed E-state index contributed by atoms with van der Waals surface area (Å²) in [5.41, 5.74) is 9.61. The lowest BCUT2D eigenvalue weighted by Gasteiger charge is -2.32. The van der Waals surface area contributed by atoms with Crippen molar-refractivity contribution in [2.45, 2.75) is 39.3 Å². The van der Waals surface area contributed by atoms with E-state index in [1.165, 1.54) is 0 Å². The first-order valence-electron chi connectivity index (χ1n) is 4.16. The number of amides is 1. The minimum atomic E-state index is -2.84. The van der Waals surface area contributed by atoms with Gasteiger partial charge in [-0.1, -0.05) is 20.8 Å². The summed E-state index contributed by atoms with van der Waals surface area (Å²) in [5, 5.41) is 0. The van der Waals surface area contributed by atoms with E-state index in [9.17, 15) is 13.6 Å². The molecule has 1 amide bonds. The van der Waals surface area contributed by atoms with E-state index in [0.717, 1.165) is 0 Å². The highest BCUT2D eigenvalue weighted by atomic mass is 19.3. The van der Waals surface area contributed by atoms with Gasteiger partial charge < -0.3 is 16.2 Å². The van der Waals surface area contributed by atoms with E-state index in [1.54, 1.807) is 20.8 Å². The summed E-state index contributed by atoms with van der Waals surface area (Å²) in [6.07, 6.45) is -5.74. The van der Waals surface area contributed by atoms with Gasteiger partial charge in [-0.05, 0) is 5.41 Å². The zero-order valence-corrected chi connectivity index (χ0v) is 8.46. The Morgan fingerprint density at radius 3 is 2.00 bits per heavy atom. The fourth-order valence-electron chi connectivity index (χ4n) is 0.908. The van der Waals surface area contributed by atoms with Crippen molar-refractivity contribution in [3.63, 3.8) is 0 Å². The molecule has 0 bridgehead atoms. The lowest BCUT2D eigenvalue weighted by molar-refractivity contribution is -0.0454. The van der Waals surface area contributed by atoms with Crippen molar-refractivity contribution < 1.29 is 18.3 Å². The number of carbonyl (C=O) groups excluding carboxylic acids is 1. The Hall–Kier alpha value is -0.910. The highest BCUT2D eigenvalue weighted by Gasteiger charge is 2.37. The van der Waals surface area contributed by atoms with Gasteiger partial charge in [-0.2, -0.15) is 0 Å². The van der Waals surface area contributed by atoms with Crippen molar-refractivity contribution in [3.8, 4) is 0 Å². The van der Waals surface area contributed by atoms with Crippen molar-refractivity contribution in [2.24, 2.45) is 16.9 Å². The smallest absolute Gasteiger partial charge is 0.405 e. The molecule has 2 atom stereocenters. The van der Waals surface area contributed by atoms with E-state index in [1.807, 2.05) is 0 Å². The van der Waals surface area contributed by atoms with Gasteiger partial charge >= 0.3 is 6.09 Å². The van der Waals surface area contributed by atoms with Crippen molar-refractivity contribution in [2.75, 3.05) is 0 Å². The molecule has 4 nitrogen and oxygen atoms in total. The first-order chi connectivity index (χ1) is 6.16. The Balaban J connectivity index is 4.57. The molecule has 0 rings (SSSR count). The van der Waals surface area contributed by atoms with Crippen LogP contribution in [0.5, 0.6) is 0 Å². The number of carbonyl (C=O) groups is 1. The van der Waals surface area contributed by atoms with Gasteiger partial charge in [0.15, 0.2) is 6.10 Å². The molecule has 0 saturated carbocycles. The van der Waals surface area contributed by atoms with Crippen molar-refractivity contribution in [3.05, 3.63) is 0 Å². The fraction of sp³-hybridized carbons (Fsp3) is 0.875. The maximum atomic E-state index is 12.4. The van der Waals surface area contributed by atoms with Crippen LogP contribution in [0.1, 0.15) is 20.8 Å². The van der Waals surface area contributed by atoms with Crippen molar-refractivity contribution >= 4 is 6.09 Å². The summed E-state index contributed by atoms with van der Waals surface area (Å²) in [4.78, 5) is 10.4. The van der Waals surface area contributed by atoms with Crippen LogP contribution in [-0.4, -0.2) is 24.7 Å². The molecule has 0 spiro atoms. The van der Waals surface area contributed by atoms with Crippen LogP contribution < -0.4 is 11.5 Å². The number of hydrogen-bond acceptors (Lipinski definition) is 3. The van der Waals surface area contributed by atoms with Crippen LogP contribution in [0.15, 0.2) is 0 Å². The largest absolute Gasteiger partial charge is 0.439 e. The molecule has 0 fully saturated rings. The Bertz CT molecular complexity index is 204. The minimum absolute atomic E-state index is 0.587. The second kappa shape index (κ2) is 4.54. The predicted octanol–water partition coefficient (Wildman–Crippen LogP) is 1.09. The van der Waals surface area contributed by atoms with E-state index in [0.29, 0.717) is 0 Å². The van der Waals surface area contributed by atoms with Gasteiger partial charge in [-0.3, -0.25) is 0 Å². The normalized spacial score (nSPS) is 16.5. The van der Waals surface area contributed by atoms with Gasteiger partial charge in [-0.25, -0.2) is 13.6 Å². The number of nitrogens with two attached hydrogens (primary N) is 2. The molecule has 0 heterocycles. The number of alkyl halides is 2. The molecule has 6 heteroatoms. The molecule has 4 N–H and O–H groups in total. The molecular formula is C8H16F2N2O2. The first-order valence-corrected chi connectivity index (χ1v) is 4.16. The van der Waals surface area contributed by atoms with Gasteiger partial charge in [0, 0.05) is 0 Å². The van der Waals surface area contributed by atoms with E-state index in [4.69, 9.17) is 5.73 Å². The summed E-state index contributed by atoms with van der Waals surface area (Å²) in [5.74, 6) is 0. The molecule has 0 aromatic carbocycles. The molecule has 0 aromatic heterocycles. The molecular weight excluding hydrogens is 194 g/mol. The monoisotopic (exact) mass is 210 g/mol. The number of primary amides is 1. The second-order valence-electron chi connectivity index (χ2n) is 4.13. The molecule has 14 heavy (non-hydrogen) atoms. The van der Waals surface area contributed by atoms with E-state index >= 15 is 0 Å². The topological polar surface area (TPSA) is 78.3 Å². The van der Waals surface area contributed by atoms with E-state index in [2.05, 4.69) is 10.5 Å². The third kappa shape index (κ3) is 3.87. The van der Waals surface area contributed by atoms with Crippen LogP contribution in [-0.2, 0) is 4.74 Å². The van der Waals surface area contributed by atoms with Crippen LogP contribution in [0.3, 0.4) is 0 Å². The number of halogens is 2. The summed E-state index contributed by atoms with van der Waals surface area (Å²) >= 11 is 0. The average molecular weight is 210 g/mol. The summed E-state index contributed by atoms with van der Waals surface area (Å²) < 4.78 is 29.1. The zero-order valence-electron chi connectivity index (χ0n) is 8.46. The molecule has 0 radical (unpaired) electrons. The molecule has 0 saturated heterocycles. The molecule has 0 aliphatic carbocycles. The maximum Gasteiger partial charge on any atom is 0.405 e. The Morgan fingerprint density at radius 2 is 1.79 bits per heavy atom. The lowest BCUT2D eigenvalue weighted by atomic mass is 9.84. The molecule has 0 aliphatic rings. The summed E-state index contributed by atoms with van der Waals surface area (Å²) in [7, 11) is 0. The number of ether oxygens (including phenoxy) is 1. The number of hydrogen-bond donors (Lipinski definition) is 2. The van der Waals surface area contributed by atoms with Gasteiger partial charge in [0.25, 0.3) is 6.43 Å². The third-order valence-electron chi connectivity index (χ3n) is 1.85. The van der Waals surface area contributed by atoms with E-state index in [-0.39, 0.29) is 0 Å². The van der Waals surface area contributed by atoms with Crippen LogP contribution in [0.4, 0.5) is 13.6 Å². The highest BCUT2D eigenvalue weighted by molar-refractivity contribution is 5.64. The fourth-order valence-corrected chi connectivity index (χ4v) is 0.908. The van der Waals surface area contributed by atoms with Gasteiger partial charge in [0.1, 0.15) is 0 Å². The number of rotatable bonds is 3. The van der Waals surface area contributed by atoms with Crippen LogP contribution in [0.2, 0.25) is 0 Å². The van der Waals surface area contributed by atoms with Crippen LogP contribution in [0.25, 0.3) is 0 Å². The highest BCUT2D eigenvalue weighted by Crippen LogP contribution is 2.24. The SMILES string of the molecule is CC(C)(C)C(N)C(OC(N)=O)C(F)F. The van der Waals surface area contributed by atoms with E-state index < -0.39 is 30.1 Å². The van der Waals surface area contributed by atoms with Crippen LogP contribution in [0, 0.1) is 5.41 Å². The molecule has 0 aliphatic heterocycles. The molecule has 84 valence electrons. The standard InChI is InChI=1S/C8H16F2N2O2/c1-8(2,3)5(11)4(6(9)10)14-7(12)13/h4-6H,11H2,1-3H3,(H2,12,13). The minimum Gasteiger partial charge on any atom is -0.439 e. The summed E-state index contributed by atoms with van der Waals surface area (Å²) in [6.45, 7) is 5.03. The second-order valence-corrected chi connectivity index (χ2v) is 4.13. The van der Waals surface area contributed by atoms with Crippen molar-refractivity contribution in [1.29, 1.82) is 0 Å². The first kappa shape index (κ1) is 13.1. The summed E-state index contributed by atoms with van der Waals surface area (Å²) in [6, 6.07) is -0.963. The van der Waals surface area contributed by atoms with Gasteiger partial charge in [0.05, 0.1) is 6.04 Å². The molecule has 0 aromatic rings. The quantitative estimate of drug-likeness (QED) is 0.731. The predicted molar refractivity (Wildman–Crippen MR) is 47.9 cm³/mol. The average Bonchev–Trinajstić information content (AvgIpc) is 1.96. The van der Waals surface area contributed by atoms with Crippen LogP contribution >= 0.6 is 0 Å². The zero-order chi connectivity index (χ0) is 11.5. The molecule has 2 unspecified atom stereocenters. The van der Waals surface area contributed by atoms with Gasteiger partial charge in [0.2, 0.25) is 0 Å².